The molecule has 3 aromatic rings. The zero-order chi connectivity index (χ0) is 24.1. The minimum absolute atomic E-state index is 0.0118. The van der Waals surface area contributed by atoms with Gasteiger partial charge in [0.25, 0.3) is 0 Å². The third-order valence-corrected chi connectivity index (χ3v) is 6.20. The summed E-state index contributed by atoms with van der Waals surface area (Å²) in [6.45, 7) is 7.43. The number of piperazine rings is 1. The summed E-state index contributed by atoms with van der Waals surface area (Å²) in [7, 11) is 0. The fraction of sp³-hybridized carbons (Fsp3) is 0.360. The Bertz CT molecular complexity index is 1120. The molecule has 1 aliphatic rings. The van der Waals surface area contributed by atoms with E-state index in [4.69, 9.17) is 4.74 Å². The lowest BCUT2D eigenvalue weighted by Crippen LogP contribution is -2.52. The van der Waals surface area contributed by atoms with Gasteiger partial charge in [0.2, 0.25) is 5.91 Å². The maximum Gasteiger partial charge on any atom is 0.410 e. The summed E-state index contributed by atoms with van der Waals surface area (Å²) in [5.74, 6) is 0.983. The van der Waals surface area contributed by atoms with Crippen LogP contribution in [0, 0.1) is 0 Å². The minimum atomic E-state index is -0.534. The van der Waals surface area contributed by atoms with Crippen LogP contribution in [0.3, 0.4) is 0 Å². The van der Waals surface area contributed by atoms with E-state index < -0.39 is 5.60 Å². The Morgan fingerprint density at radius 3 is 2.09 bits per heavy atom. The summed E-state index contributed by atoms with van der Waals surface area (Å²) >= 11 is 1.37. The molecule has 0 spiro atoms. The molecule has 0 unspecified atom stereocenters. The molecule has 1 saturated heterocycles. The van der Waals surface area contributed by atoms with Crippen LogP contribution in [0.2, 0.25) is 0 Å². The molecule has 1 aliphatic heterocycles. The Hall–Kier alpha value is -3.33. The number of nitrogens with zero attached hydrogens (tertiary/aromatic N) is 5. The van der Waals surface area contributed by atoms with Crippen LogP contribution in [-0.4, -0.2) is 74.1 Å². The highest BCUT2D eigenvalue weighted by Gasteiger charge is 2.28. The van der Waals surface area contributed by atoms with Crippen molar-refractivity contribution in [1.29, 1.82) is 0 Å². The first kappa shape index (κ1) is 23.8. The van der Waals surface area contributed by atoms with E-state index in [1.807, 2.05) is 86.0 Å². The second kappa shape index (κ2) is 10.3. The molecule has 4 rings (SSSR count). The summed E-state index contributed by atoms with van der Waals surface area (Å²) in [6, 6.07) is 19.8. The van der Waals surface area contributed by atoms with Crippen LogP contribution >= 0.6 is 11.8 Å². The highest BCUT2D eigenvalue weighted by molar-refractivity contribution is 7.99. The van der Waals surface area contributed by atoms with E-state index in [0.29, 0.717) is 31.3 Å². The molecule has 178 valence electrons. The molecule has 9 heteroatoms. The third-order valence-electron chi connectivity index (χ3n) is 5.29. The van der Waals surface area contributed by atoms with E-state index in [9.17, 15) is 9.59 Å². The Kier molecular flexibility index (Phi) is 7.21. The molecule has 0 bridgehead atoms. The standard InChI is InChI=1S/C25H29N5O3S/c1-25(2,3)33-24(32)29-16-14-28(15-17-29)21(31)18-34-23-27-26-22(19-10-6-4-7-11-19)30(23)20-12-8-5-9-13-20/h4-13H,14-18H2,1-3H3. The van der Waals surface area contributed by atoms with Gasteiger partial charge in [0.15, 0.2) is 11.0 Å². The number of carbonyl (C=O) groups is 2. The predicted molar refractivity (Wildman–Crippen MR) is 132 cm³/mol. The monoisotopic (exact) mass is 479 g/mol. The number of amides is 2. The Balaban J connectivity index is 1.42. The Morgan fingerprint density at radius 1 is 0.882 bits per heavy atom. The molecule has 2 aromatic carbocycles. The van der Waals surface area contributed by atoms with E-state index in [1.54, 1.807) is 9.80 Å². The quantitative estimate of drug-likeness (QED) is 0.513. The smallest absolute Gasteiger partial charge is 0.410 e. The molecular formula is C25H29N5O3S. The van der Waals surface area contributed by atoms with Gasteiger partial charge in [-0.1, -0.05) is 60.3 Å². The zero-order valence-corrected chi connectivity index (χ0v) is 20.5. The van der Waals surface area contributed by atoms with E-state index in [1.165, 1.54) is 11.8 Å². The van der Waals surface area contributed by atoms with Crippen molar-refractivity contribution in [3.63, 3.8) is 0 Å². The van der Waals surface area contributed by atoms with Gasteiger partial charge >= 0.3 is 6.09 Å². The predicted octanol–water partition coefficient (Wildman–Crippen LogP) is 4.11. The van der Waals surface area contributed by atoms with Crippen molar-refractivity contribution in [2.75, 3.05) is 31.9 Å². The Morgan fingerprint density at radius 2 is 1.47 bits per heavy atom. The van der Waals surface area contributed by atoms with Crippen molar-refractivity contribution in [1.82, 2.24) is 24.6 Å². The fourth-order valence-electron chi connectivity index (χ4n) is 3.63. The van der Waals surface area contributed by atoms with Gasteiger partial charge in [0.05, 0.1) is 5.75 Å². The van der Waals surface area contributed by atoms with Crippen molar-refractivity contribution in [3.05, 3.63) is 60.7 Å². The largest absolute Gasteiger partial charge is 0.444 e. The van der Waals surface area contributed by atoms with Gasteiger partial charge in [0.1, 0.15) is 5.60 Å². The molecule has 8 nitrogen and oxygen atoms in total. The number of rotatable bonds is 5. The van der Waals surface area contributed by atoms with Crippen LogP contribution in [0.15, 0.2) is 65.8 Å². The number of ether oxygens (including phenoxy) is 1. The van der Waals surface area contributed by atoms with Gasteiger partial charge < -0.3 is 14.5 Å². The second-order valence-corrected chi connectivity index (χ2v) is 9.92. The second-order valence-electron chi connectivity index (χ2n) is 8.98. The Labute approximate surface area is 203 Å². The van der Waals surface area contributed by atoms with Crippen molar-refractivity contribution in [3.8, 4) is 17.1 Å². The molecule has 1 fully saturated rings. The lowest BCUT2D eigenvalue weighted by Gasteiger charge is -2.35. The highest BCUT2D eigenvalue weighted by atomic mass is 32.2. The lowest BCUT2D eigenvalue weighted by atomic mass is 10.2. The topological polar surface area (TPSA) is 80.6 Å². The fourth-order valence-corrected chi connectivity index (χ4v) is 4.48. The van der Waals surface area contributed by atoms with Gasteiger partial charge in [-0.25, -0.2) is 4.79 Å². The van der Waals surface area contributed by atoms with Gasteiger partial charge in [-0.2, -0.15) is 0 Å². The molecule has 2 amide bonds. The average Bonchev–Trinajstić information content (AvgIpc) is 3.26. The lowest BCUT2D eigenvalue weighted by molar-refractivity contribution is -0.130. The number of hydrogen-bond acceptors (Lipinski definition) is 6. The van der Waals surface area contributed by atoms with Crippen molar-refractivity contribution >= 4 is 23.8 Å². The van der Waals surface area contributed by atoms with Gasteiger partial charge in [-0.3, -0.25) is 9.36 Å². The van der Waals surface area contributed by atoms with Crippen LogP contribution < -0.4 is 0 Å². The van der Waals surface area contributed by atoms with Crippen LogP contribution in [0.5, 0.6) is 0 Å². The minimum Gasteiger partial charge on any atom is -0.444 e. The van der Waals surface area contributed by atoms with Crippen molar-refractivity contribution < 1.29 is 14.3 Å². The van der Waals surface area contributed by atoms with Crippen molar-refractivity contribution in [2.24, 2.45) is 0 Å². The molecular weight excluding hydrogens is 450 g/mol. The first-order valence-electron chi connectivity index (χ1n) is 11.3. The summed E-state index contributed by atoms with van der Waals surface area (Å²) in [5.41, 5.74) is 1.36. The number of aromatic nitrogens is 3. The van der Waals surface area contributed by atoms with E-state index >= 15 is 0 Å². The number of benzene rings is 2. The maximum atomic E-state index is 12.9. The number of hydrogen-bond donors (Lipinski definition) is 0. The molecule has 0 N–H and O–H groups in total. The maximum absolute atomic E-state index is 12.9. The summed E-state index contributed by atoms with van der Waals surface area (Å²) in [6.07, 6.45) is -0.335. The van der Waals surface area contributed by atoms with Crippen LogP contribution in [0.1, 0.15) is 20.8 Å². The molecule has 34 heavy (non-hydrogen) atoms. The summed E-state index contributed by atoms with van der Waals surface area (Å²) in [5, 5.41) is 9.47. The molecule has 1 aromatic heterocycles. The summed E-state index contributed by atoms with van der Waals surface area (Å²) in [4.78, 5) is 28.6. The van der Waals surface area contributed by atoms with Gasteiger partial charge in [0, 0.05) is 37.4 Å². The molecule has 2 heterocycles. The molecule has 0 radical (unpaired) electrons. The average molecular weight is 480 g/mol. The van der Waals surface area contributed by atoms with Gasteiger partial charge in [-0.15, -0.1) is 10.2 Å². The zero-order valence-electron chi connectivity index (χ0n) is 19.7. The SMILES string of the molecule is CC(C)(C)OC(=O)N1CCN(C(=O)CSc2nnc(-c3ccccc3)n2-c2ccccc2)CC1. The number of para-hydroxylation sites is 1. The number of thioether (sulfide) groups is 1. The van der Waals surface area contributed by atoms with Gasteiger partial charge in [-0.05, 0) is 32.9 Å². The number of carbonyl (C=O) groups excluding carboxylic acids is 2. The van der Waals surface area contributed by atoms with Crippen LogP contribution in [0.4, 0.5) is 4.79 Å². The van der Waals surface area contributed by atoms with Crippen molar-refractivity contribution in [2.45, 2.75) is 31.5 Å². The molecule has 0 aliphatic carbocycles. The summed E-state index contributed by atoms with van der Waals surface area (Å²) < 4.78 is 7.41. The van der Waals surface area contributed by atoms with E-state index in [-0.39, 0.29) is 17.8 Å². The first-order chi connectivity index (χ1) is 16.3. The van der Waals surface area contributed by atoms with Crippen LogP contribution in [0.25, 0.3) is 17.1 Å². The first-order valence-corrected chi connectivity index (χ1v) is 12.2. The molecule has 0 atom stereocenters. The normalized spacial score (nSPS) is 14.2. The van der Waals surface area contributed by atoms with E-state index in [0.717, 1.165) is 17.1 Å². The molecule has 0 saturated carbocycles. The van der Waals surface area contributed by atoms with Crippen LogP contribution in [-0.2, 0) is 9.53 Å². The highest BCUT2D eigenvalue weighted by Crippen LogP contribution is 2.28. The third kappa shape index (κ3) is 5.77. The van der Waals surface area contributed by atoms with E-state index in [2.05, 4.69) is 10.2 Å².